The SMILES string of the molecule is O=C(C=Cc1ccc(OC(F)F)cc1)N1CCN(Cc2ccc(F)cc2)CC1. The summed E-state index contributed by atoms with van der Waals surface area (Å²) < 4.78 is 41.5. The zero-order valence-corrected chi connectivity index (χ0v) is 15.2. The molecule has 148 valence electrons. The van der Waals surface area contributed by atoms with Crippen LogP contribution in [0, 0.1) is 5.82 Å². The molecule has 1 aliphatic rings. The van der Waals surface area contributed by atoms with Gasteiger partial charge in [0.05, 0.1) is 0 Å². The van der Waals surface area contributed by atoms with E-state index in [1.807, 2.05) is 0 Å². The van der Waals surface area contributed by atoms with Gasteiger partial charge in [-0.1, -0.05) is 24.3 Å². The fourth-order valence-corrected chi connectivity index (χ4v) is 3.01. The summed E-state index contributed by atoms with van der Waals surface area (Å²) in [7, 11) is 0. The van der Waals surface area contributed by atoms with Gasteiger partial charge in [0.1, 0.15) is 11.6 Å². The van der Waals surface area contributed by atoms with Crippen LogP contribution in [0.25, 0.3) is 6.08 Å². The van der Waals surface area contributed by atoms with Crippen LogP contribution in [0.3, 0.4) is 0 Å². The van der Waals surface area contributed by atoms with Crippen LogP contribution in [0.5, 0.6) is 5.75 Å². The number of benzene rings is 2. The minimum absolute atomic E-state index is 0.0794. The quantitative estimate of drug-likeness (QED) is 0.704. The van der Waals surface area contributed by atoms with Crippen molar-refractivity contribution in [3.63, 3.8) is 0 Å². The van der Waals surface area contributed by atoms with E-state index >= 15 is 0 Å². The number of alkyl halides is 2. The second-order valence-corrected chi connectivity index (χ2v) is 6.51. The van der Waals surface area contributed by atoms with Crippen LogP contribution >= 0.6 is 0 Å². The lowest BCUT2D eigenvalue weighted by atomic mass is 10.2. The number of ether oxygens (including phenoxy) is 1. The molecule has 0 aliphatic carbocycles. The number of amides is 1. The zero-order chi connectivity index (χ0) is 19.9. The van der Waals surface area contributed by atoms with Gasteiger partial charge in [-0.05, 0) is 41.5 Å². The van der Waals surface area contributed by atoms with Crippen molar-refractivity contribution in [2.24, 2.45) is 0 Å². The Balaban J connectivity index is 1.46. The summed E-state index contributed by atoms with van der Waals surface area (Å²) in [5.74, 6) is -0.257. The van der Waals surface area contributed by atoms with Gasteiger partial charge in [0.25, 0.3) is 0 Å². The fraction of sp³-hybridized carbons (Fsp3) is 0.286. The van der Waals surface area contributed by atoms with Crippen LogP contribution in [-0.2, 0) is 11.3 Å². The molecule has 1 saturated heterocycles. The lowest BCUT2D eigenvalue weighted by molar-refractivity contribution is -0.127. The molecule has 28 heavy (non-hydrogen) atoms. The standard InChI is InChI=1S/C21H21F3N2O2/c22-18-6-1-17(2-7-18)15-25-11-13-26(14-12-25)20(27)10-5-16-3-8-19(9-4-16)28-21(23)24/h1-10,21H,11-15H2. The van der Waals surface area contributed by atoms with E-state index in [1.54, 1.807) is 35.2 Å². The average Bonchev–Trinajstić information content (AvgIpc) is 2.69. The maximum absolute atomic E-state index is 13.0. The molecule has 1 fully saturated rings. The molecule has 2 aromatic rings. The third kappa shape index (κ3) is 5.85. The highest BCUT2D eigenvalue weighted by Crippen LogP contribution is 2.16. The number of nitrogens with zero attached hydrogens (tertiary/aromatic N) is 2. The monoisotopic (exact) mass is 390 g/mol. The van der Waals surface area contributed by atoms with E-state index in [9.17, 15) is 18.0 Å². The number of carbonyl (C=O) groups excluding carboxylic acids is 1. The number of carbonyl (C=O) groups is 1. The van der Waals surface area contributed by atoms with Gasteiger partial charge in [-0.3, -0.25) is 9.69 Å². The first kappa shape index (κ1) is 19.9. The van der Waals surface area contributed by atoms with Crippen LogP contribution in [-0.4, -0.2) is 48.5 Å². The Morgan fingerprint density at radius 1 is 1.00 bits per heavy atom. The van der Waals surface area contributed by atoms with Gasteiger partial charge < -0.3 is 9.64 Å². The van der Waals surface area contributed by atoms with Crippen molar-refractivity contribution in [1.29, 1.82) is 0 Å². The number of piperazine rings is 1. The van der Waals surface area contributed by atoms with Gasteiger partial charge in [-0.15, -0.1) is 0 Å². The van der Waals surface area contributed by atoms with Crippen molar-refractivity contribution in [2.45, 2.75) is 13.2 Å². The highest BCUT2D eigenvalue weighted by atomic mass is 19.3. The van der Waals surface area contributed by atoms with Crippen molar-refractivity contribution >= 4 is 12.0 Å². The molecule has 2 aromatic carbocycles. The lowest BCUT2D eigenvalue weighted by Gasteiger charge is -2.34. The molecule has 1 aliphatic heterocycles. The average molecular weight is 390 g/mol. The first-order chi connectivity index (χ1) is 13.5. The van der Waals surface area contributed by atoms with E-state index in [0.29, 0.717) is 13.1 Å². The Morgan fingerprint density at radius 3 is 2.25 bits per heavy atom. The summed E-state index contributed by atoms with van der Waals surface area (Å²) >= 11 is 0. The highest BCUT2D eigenvalue weighted by molar-refractivity contribution is 5.91. The van der Waals surface area contributed by atoms with Crippen LogP contribution < -0.4 is 4.74 Å². The summed E-state index contributed by atoms with van der Waals surface area (Å²) in [5.41, 5.74) is 1.77. The van der Waals surface area contributed by atoms with Crippen molar-refractivity contribution in [3.8, 4) is 5.75 Å². The lowest BCUT2D eigenvalue weighted by Crippen LogP contribution is -2.47. The number of hydrogen-bond donors (Lipinski definition) is 0. The Kier molecular flexibility index (Phi) is 6.71. The van der Waals surface area contributed by atoms with Crippen LogP contribution in [0.4, 0.5) is 13.2 Å². The maximum Gasteiger partial charge on any atom is 0.387 e. The Bertz CT molecular complexity index is 799. The van der Waals surface area contributed by atoms with Crippen molar-refractivity contribution < 1.29 is 22.7 Å². The minimum Gasteiger partial charge on any atom is -0.435 e. The highest BCUT2D eigenvalue weighted by Gasteiger charge is 2.19. The normalized spacial score (nSPS) is 15.4. The number of rotatable bonds is 6. The number of hydrogen-bond acceptors (Lipinski definition) is 3. The summed E-state index contributed by atoms with van der Waals surface area (Å²) in [5, 5.41) is 0. The predicted molar refractivity (Wildman–Crippen MR) is 100 cm³/mol. The molecule has 0 N–H and O–H groups in total. The van der Waals surface area contributed by atoms with Crippen molar-refractivity contribution in [2.75, 3.05) is 26.2 Å². The van der Waals surface area contributed by atoms with Gasteiger partial charge in [-0.2, -0.15) is 8.78 Å². The molecule has 1 amide bonds. The fourth-order valence-electron chi connectivity index (χ4n) is 3.01. The van der Waals surface area contributed by atoms with E-state index in [2.05, 4.69) is 9.64 Å². The van der Waals surface area contributed by atoms with Gasteiger partial charge >= 0.3 is 6.61 Å². The Morgan fingerprint density at radius 2 is 1.64 bits per heavy atom. The smallest absolute Gasteiger partial charge is 0.387 e. The molecule has 4 nitrogen and oxygen atoms in total. The Labute approximate surface area is 161 Å². The van der Waals surface area contributed by atoms with E-state index in [-0.39, 0.29) is 17.5 Å². The molecular formula is C21H21F3N2O2. The second kappa shape index (κ2) is 9.41. The maximum atomic E-state index is 13.0. The molecule has 0 spiro atoms. The van der Waals surface area contributed by atoms with Crippen LogP contribution in [0.2, 0.25) is 0 Å². The molecule has 3 rings (SSSR count). The topological polar surface area (TPSA) is 32.8 Å². The molecule has 0 saturated carbocycles. The molecule has 7 heteroatoms. The van der Waals surface area contributed by atoms with Crippen LogP contribution in [0.1, 0.15) is 11.1 Å². The molecule has 0 unspecified atom stereocenters. The van der Waals surface area contributed by atoms with Crippen LogP contribution in [0.15, 0.2) is 54.6 Å². The third-order valence-electron chi connectivity index (χ3n) is 4.53. The largest absolute Gasteiger partial charge is 0.435 e. The summed E-state index contributed by atoms with van der Waals surface area (Å²) in [6.07, 6.45) is 3.14. The van der Waals surface area contributed by atoms with Gasteiger partial charge in [0, 0.05) is 38.8 Å². The molecule has 0 aromatic heterocycles. The van der Waals surface area contributed by atoms with Gasteiger partial charge in [0.2, 0.25) is 5.91 Å². The molecular weight excluding hydrogens is 369 g/mol. The van der Waals surface area contributed by atoms with Gasteiger partial charge in [0.15, 0.2) is 0 Å². The number of halogens is 3. The Hall–Kier alpha value is -2.80. The second-order valence-electron chi connectivity index (χ2n) is 6.51. The third-order valence-corrected chi connectivity index (χ3v) is 4.53. The predicted octanol–water partition coefficient (Wildman–Crippen LogP) is 3.78. The van der Waals surface area contributed by atoms with Crippen molar-refractivity contribution in [1.82, 2.24) is 9.80 Å². The zero-order valence-electron chi connectivity index (χ0n) is 15.2. The molecule has 1 heterocycles. The molecule has 0 atom stereocenters. The summed E-state index contributed by atoms with van der Waals surface area (Å²) in [6, 6.07) is 12.5. The summed E-state index contributed by atoms with van der Waals surface area (Å²) in [4.78, 5) is 16.3. The van der Waals surface area contributed by atoms with E-state index < -0.39 is 6.61 Å². The molecule has 0 bridgehead atoms. The molecule has 0 radical (unpaired) electrons. The van der Waals surface area contributed by atoms with E-state index in [0.717, 1.165) is 30.8 Å². The van der Waals surface area contributed by atoms with Crippen molar-refractivity contribution in [3.05, 3.63) is 71.6 Å². The summed E-state index contributed by atoms with van der Waals surface area (Å²) in [6.45, 7) is 0.597. The minimum atomic E-state index is -2.86. The first-order valence-electron chi connectivity index (χ1n) is 8.98. The first-order valence-corrected chi connectivity index (χ1v) is 8.98. The van der Waals surface area contributed by atoms with Gasteiger partial charge in [-0.25, -0.2) is 4.39 Å². The van der Waals surface area contributed by atoms with E-state index in [4.69, 9.17) is 0 Å². The van der Waals surface area contributed by atoms with E-state index in [1.165, 1.54) is 30.3 Å².